The first-order chi connectivity index (χ1) is 8.70. The maximum atomic E-state index is 3.82. The summed E-state index contributed by atoms with van der Waals surface area (Å²) >= 11 is 7.58. The highest BCUT2D eigenvalue weighted by molar-refractivity contribution is 9.11. The minimum atomic E-state index is 0.581. The molecule has 0 aliphatic heterocycles. The van der Waals surface area contributed by atoms with E-state index in [0.717, 1.165) is 0 Å². The van der Waals surface area contributed by atoms with Crippen LogP contribution in [0.25, 0.3) is 0 Å². The van der Waals surface area contributed by atoms with Crippen molar-refractivity contribution in [3.05, 3.63) is 20.3 Å². The van der Waals surface area contributed by atoms with Crippen molar-refractivity contribution in [3.63, 3.8) is 0 Å². The van der Waals surface area contributed by atoms with E-state index in [1.807, 2.05) is 23.1 Å². The van der Waals surface area contributed by atoms with Crippen molar-refractivity contribution in [1.29, 1.82) is 0 Å². The topological polar surface area (TPSA) is 12.0 Å². The summed E-state index contributed by atoms with van der Waals surface area (Å²) in [4.78, 5) is 1.58. The molecule has 1 aliphatic carbocycles. The van der Waals surface area contributed by atoms with Crippen molar-refractivity contribution >= 4 is 39.0 Å². The van der Waals surface area contributed by atoms with Crippen LogP contribution in [0.15, 0.2) is 9.85 Å². The van der Waals surface area contributed by atoms with Gasteiger partial charge >= 0.3 is 0 Å². The number of fused-ring (bicyclic) bond motifs is 1. The summed E-state index contributed by atoms with van der Waals surface area (Å²) < 4.78 is 1.29. The van der Waals surface area contributed by atoms with Gasteiger partial charge < -0.3 is 5.32 Å². The highest BCUT2D eigenvalue weighted by Gasteiger charge is 2.23. The first-order valence-corrected chi connectivity index (χ1v) is 9.59. The monoisotopic (exact) mass is 347 g/mol. The second-order valence-corrected chi connectivity index (χ2v) is 8.84. The molecular weight excluding hydrogens is 326 g/mol. The summed E-state index contributed by atoms with van der Waals surface area (Å²) in [5.74, 6) is 2.51. The molecule has 0 saturated heterocycles. The molecule has 1 N–H and O–H groups in total. The molecule has 2 atom stereocenters. The molecule has 0 radical (unpaired) electrons. The molecule has 2 unspecified atom stereocenters. The zero-order valence-corrected chi connectivity index (χ0v) is 14.4. The average molecular weight is 348 g/mol. The molecule has 1 aliphatic rings. The van der Waals surface area contributed by atoms with E-state index < -0.39 is 0 Å². The third-order valence-corrected chi connectivity index (χ3v) is 6.11. The number of thioether (sulfide) groups is 1. The van der Waals surface area contributed by atoms with Gasteiger partial charge in [-0.2, -0.15) is 11.8 Å². The van der Waals surface area contributed by atoms with Crippen LogP contribution in [0.3, 0.4) is 0 Å². The van der Waals surface area contributed by atoms with Crippen molar-refractivity contribution in [2.75, 3.05) is 11.5 Å². The van der Waals surface area contributed by atoms with Crippen LogP contribution in [-0.4, -0.2) is 17.5 Å². The van der Waals surface area contributed by atoms with Crippen LogP contribution in [0.5, 0.6) is 0 Å². The number of hydrogen-bond donors (Lipinski definition) is 1. The first-order valence-electron chi connectivity index (χ1n) is 6.82. The van der Waals surface area contributed by atoms with E-state index in [0.29, 0.717) is 12.1 Å². The molecule has 102 valence electrons. The van der Waals surface area contributed by atoms with Gasteiger partial charge in [0.2, 0.25) is 0 Å². The Morgan fingerprint density at radius 3 is 3.22 bits per heavy atom. The number of nitrogens with one attached hydrogen (secondary N) is 1. The Balaban J connectivity index is 1.90. The van der Waals surface area contributed by atoms with Gasteiger partial charge in [0, 0.05) is 17.0 Å². The summed E-state index contributed by atoms with van der Waals surface area (Å²) in [5.41, 5.74) is 1.55. The fourth-order valence-corrected chi connectivity index (χ4v) is 5.15. The molecule has 0 bridgehead atoms. The second-order valence-electron chi connectivity index (χ2n) is 4.93. The molecule has 4 heteroatoms. The van der Waals surface area contributed by atoms with Gasteiger partial charge in [-0.1, -0.05) is 6.92 Å². The number of aryl methyl sites for hydroxylation is 1. The number of hydrogen-bond acceptors (Lipinski definition) is 3. The zero-order valence-electron chi connectivity index (χ0n) is 11.2. The highest BCUT2D eigenvalue weighted by atomic mass is 79.9. The minimum Gasteiger partial charge on any atom is -0.307 e. The van der Waals surface area contributed by atoms with E-state index in [1.54, 1.807) is 10.4 Å². The fraction of sp³-hybridized carbons (Fsp3) is 0.714. The lowest BCUT2D eigenvalue weighted by Gasteiger charge is -2.27. The Morgan fingerprint density at radius 2 is 2.44 bits per heavy atom. The Hall–Kier alpha value is 0.490. The lowest BCUT2D eigenvalue weighted by atomic mass is 9.93. The molecule has 1 nitrogen and oxygen atoms in total. The number of thiophene rings is 1. The normalized spacial score (nSPS) is 20.7. The van der Waals surface area contributed by atoms with Crippen molar-refractivity contribution in [2.45, 2.75) is 51.6 Å². The molecule has 1 heterocycles. The maximum absolute atomic E-state index is 3.82. The molecule has 0 saturated carbocycles. The molecule has 0 amide bonds. The Morgan fingerprint density at radius 1 is 1.61 bits per heavy atom. The standard InChI is InChI=1S/C14H22BrNS2/c1-3-17-8-7-10(2)16-12-5-4-6-13-11(12)9-14(15)18-13/h9-10,12,16H,3-8H2,1-2H3. The van der Waals surface area contributed by atoms with Gasteiger partial charge in [-0.25, -0.2) is 0 Å². The lowest BCUT2D eigenvalue weighted by Crippen LogP contribution is -2.32. The summed E-state index contributed by atoms with van der Waals surface area (Å²) in [6, 6.07) is 3.53. The third-order valence-electron chi connectivity index (χ3n) is 3.47. The lowest BCUT2D eigenvalue weighted by molar-refractivity contribution is 0.406. The van der Waals surface area contributed by atoms with E-state index in [1.165, 1.54) is 41.0 Å². The van der Waals surface area contributed by atoms with Crippen LogP contribution >= 0.6 is 39.0 Å². The minimum absolute atomic E-state index is 0.581. The van der Waals surface area contributed by atoms with Gasteiger partial charge in [0.25, 0.3) is 0 Å². The van der Waals surface area contributed by atoms with Crippen LogP contribution in [0.4, 0.5) is 0 Å². The molecule has 1 aromatic rings. The summed E-state index contributed by atoms with van der Waals surface area (Å²) in [5, 5.41) is 3.82. The van der Waals surface area contributed by atoms with Gasteiger partial charge in [-0.15, -0.1) is 11.3 Å². The van der Waals surface area contributed by atoms with Crippen LogP contribution < -0.4 is 5.32 Å². The Kier molecular flexibility index (Phi) is 6.05. The van der Waals surface area contributed by atoms with Crippen LogP contribution in [0.2, 0.25) is 0 Å². The number of halogens is 1. The van der Waals surface area contributed by atoms with Crippen molar-refractivity contribution in [1.82, 2.24) is 5.32 Å². The second kappa shape index (κ2) is 7.32. The first kappa shape index (κ1) is 14.9. The predicted octanol–water partition coefficient (Wildman–Crippen LogP) is 5.01. The van der Waals surface area contributed by atoms with E-state index in [2.05, 4.69) is 41.2 Å². The van der Waals surface area contributed by atoms with E-state index >= 15 is 0 Å². The van der Waals surface area contributed by atoms with Crippen LogP contribution in [0, 0.1) is 0 Å². The SMILES string of the molecule is CCSCCC(C)NC1CCCc2sc(Br)cc21. The third kappa shape index (κ3) is 3.99. The fourth-order valence-electron chi connectivity index (χ4n) is 2.53. The van der Waals surface area contributed by atoms with Gasteiger partial charge in [0.05, 0.1) is 3.79 Å². The quantitative estimate of drug-likeness (QED) is 0.726. The summed E-state index contributed by atoms with van der Waals surface area (Å²) in [7, 11) is 0. The van der Waals surface area contributed by atoms with Crippen LogP contribution in [-0.2, 0) is 6.42 Å². The zero-order chi connectivity index (χ0) is 13.0. The van der Waals surface area contributed by atoms with E-state index in [-0.39, 0.29) is 0 Å². The van der Waals surface area contributed by atoms with E-state index in [4.69, 9.17) is 0 Å². The van der Waals surface area contributed by atoms with E-state index in [9.17, 15) is 0 Å². The highest BCUT2D eigenvalue weighted by Crippen LogP contribution is 2.38. The molecule has 18 heavy (non-hydrogen) atoms. The van der Waals surface area contributed by atoms with Crippen molar-refractivity contribution < 1.29 is 0 Å². The molecule has 1 aromatic heterocycles. The molecule has 0 fully saturated rings. The van der Waals surface area contributed by atoms with Gasteiger partial charge in [-0.05, 0) is 71.7 Å². The van der Waals surface area contributed by atoms with Gasteiger partial charge in [0.1, 0.15) is 0 Å². The molecule has 0 spiro atoms. The summed E-state index contributed by atoms with van der Waals surface area (Å²) in [6.07, 6.45) is 5.16. The van der Waals surface area contributed by atoms with Gasteiger partial charge in [-0.3, -0.25) is 0 Å². The van der Waals surface area contributed by atoms with Gasteiger partial charge in [0.15, 0.2) is 0 Å². The maximum Gasteiger partial charge on any atom is 0.0704 e. The predicted molar refractivity (Wildman–Crippen MR) is 87.9 cm³/mol. The van der Waals surface area contributed by atoms with Crippen LogP contribution in [0.1, 0.15) is 49.6 Å². The Bertz CT molecular complexity index is 378. The number of rotatable bonds is 6. The van der Waals surface area contributed by atoms with Crippen molar-refractivity contribution in [2.24, 2.45) is 0 Å². The average Bonchev–Trinajstić information content (AvgIpc) is 2.71. The summed E-state index contributed by atoms with van der Waals surface area (Å²) in [6.45, 7) is 4.56. The molecular formula is C14H22BrNS2. The smallest absolute Gasteiger partial charge is 0.0704 e. The molecule has 2 rings (SSSR count). The van der Waals surface area contributed by atoms with Crippen molar-refractivity contribution in [3.8, 4) is 0 Å². The Labute approximate surface area is 127 Å². The largest absolute Gasteiger partial charge is 0.307 e. The molecule has 0 aromatic carbocycles.